The van der Waals surface area contributed by atoms with Crippen molar-refractivity contribution < 1.29 is 13.7 Å². The van der Waals surface area contributed by atoms with E-state index >= 15 is 0 Å². The molecule has 0 aliphatic carbocycles. The first kappa shape index (κ1) is 12.1. The van der Waals surface area contributed by atoms with E-state index in [4.69, 9.17) is 9.26 Å². The van der Waals surface area contributed by atoms with E-state index in [2.05, 4.69) is 15.5 Å². The van der Waals surface area contributed by atoms with Gasteiger partial charge in [-0.25, -0.2) is 4.39 Å². The second-order valence-electron chi connectivity index (χ2n) is 4.46. The van der Waals surface area contributed by atoms with E-state index in [-0.39, 0.29) is 18.3 Å². The highest BCUT2D eigenvalue weighted by molar-refractivity contribution is 5.23. The van der Waals surface area contributed by atoms with Crippen molar-refractivity contribution in [1.29, 1.82) is 0 Å². The second-order valence-corrected chi connectivity index (χ2v) is 4.46. The van der Waals surface area contributed by atoms with Crippen molar-refractivity contribution in [2.45, 2.75) is 18.9 Å². The summed E-state index contributed by atoms with van der Waals surface area (Å²) in [6.45, 7) is 1.93. The number of hydrogen-bond acceptors (Lipinski definition) is 5. The van der Waals surface area contributed by atoms with Crippen LogP contribution < -0.4 is 10.1 Å². The van der Waals surface area contributed by atoms with Crippen LogP contribution in [0.4, 0.5) is 4.39 Å². The zero-order valence-corrected chi connectivity index (χ0v) is 10.3. The van der Waals surface area contributed by atoms with E-state index < -0.39 is 5.82 Å². The molecule has 0 unspecified atom stereocenters. The van der Waals surface area contributed by atoms with Crippen molar-refractivity contribution in [3.05, 3.63) is 41.8 Å². The topological polar surface area (TPSA) is 60.2 Å². The molecule has 1 aromatic heterocycles. The summed E-state index contributed by atoms with van der Waals surface area (Å²) in [7, 11) is 0. The molecule has 0 amide bonds. The fourth-order valence-electron chi connectivity index (χ4n) is 2.06. The van der Waals surface area contributed by atoms with Gasteiger partial charge in [0.1, 0.15) is 0 Å². The number of aromatic nitrogens is 2. The van der Waals surface area contributed by atoms with Crippen LogP contribution in [0.15, 0.2) is 28.8 Å². The highest BCUT2D eigenvalue weighted by Gasteiger charge is 2.22. The molecule has 1 N–H and O–H groups in total. The van der Waals surface area contributed by atoms with Crippen LogP contribution in [0.5, 0.6) is 5.75 Å². The number of rotatable bonds is 4. The van der Waals surface area contributed by atoms with Gasteiger partial charge in [-0.05, 0) is 25.1 Å². The van der Waals surface area contributed by atoms with Crippen LogP contribution in [0, 0.1) is 5.82 Å². The normalized spacial score (nSPS) is 18.7. The third-order valence-electron chi connectivity index (χ3n) is 3.09. The lowest BCUT2D eigenvalue weighted by Crippen LogP contribution is -2.08. The van der Waals surface area contributed by atoms with Crippen LogP contribution >= 0.6 is 0 Å². The van der Waals surface area contributed by atoms with E-state index in [1.54, 1.807) is 18.2 Å². The SMILES string of the molecule is Fc1ccccc1OCc1noc([C@@H]2CCNC2)n1. The number of hydrogen-bond donors (Lipinski definition) is 1. The van der Waals surface area contributed by atoms with Crippen molar-refractivity contribution in [2.75, 3.05) is 13.1 Å². The van der Waals surface area contributed by atoms with Crippen LogP contribution in [0.2, 0.25) is 0 Å². The van der Waals surface area contributed by atoms with Gasteiger partial charge in [-0.2, -0.15) is 4.98 Å². The van der Waals surface area contributed by atoms with Gasteiger partial charge in [0.15, 0.2) is 18.2 Å². The quantitative estimate of drug-likeness (QED) is 0.912. The maximum Gasteiger partial charge on any atom is 0.231 e. The Morgan fingerprint density at radius 3 is 3.11 bits per heavy atom. The molecule has 1 fully saturated rings. The van der Waals surface area contributed by atoms with Gasteiger partial charge in [0.2, 0.25) is 11.7 Å². The van der Waals surface area contributed by atoms with Gasteiger partial charge in [-0.1, -0.05) is 17.3 Å². The van der Waals surface area contributed by atoms with Crippen LogP contribution in [0.1, 0.15) is 24.1 Å². The zero-order chi connectivity index (χ0) is 13.1. The maximum atomic E-state index is 13.3. The molecule has 0 bridgehead atoms. The van der Waals surface area contributed by atoms with E-state index in [1.165, 1.54) is 6.07 Å². The summed E-state index contributed by atoms with van der Waals surface area (Å²) in [5, 5.41) is 7.08. The predicted molar refractivity (Wildman–Crippen MR) is 65.3 cm³/mol. The molecule has 2 heterocycles. The Kier molecular flexibility index (Phi) is 3.41. The highest BCUT2D eigenvalue weighted by atomic mass is 19.1. The molecular formula is C13H14FN3O2. The lowest BCUT2D eigenvalue weighted by Gasteiger charge is -2.03. The average molecular weight is 263 g/mol. The molecule has 0 spiro atoms. The molecule has 2 aromatic rings. The molecule has 19 heavy (non-hydrogen) atoms. The van der Waals surface area contributed by atoms with Crippen LogP contribution in [0.3, 0.4) is 0 Å². The standard InChI is InChI=1S/C13H14FN3O2/c14-10-3-1-2-4-11(10)18-8-12-16-13(19-17-12)9-5-6-15-7-9/h1-4,9,15H,5-8H2/t9-/m1/s1. The van der Waals surface area contributed by atoms with Crippen LogP contribution in [-0.2, 0) is 6.61 Å². The summed E-state index contributed by atoms with van der Waals surface area (Å²) in [4.78, 5) is 4.27. The fraction of sp³-hybridized carbons (Fsp3) is 0.385. The van der Waals surface area contributed by atoms with Crippen molar-refractivity contribution >= 4 is 0 Å². The minimum atomic E-state index is -0.397. The third-order valence-corrected chi connectivity index (χ3v) is 3.09. The Hall–Kier alpha value is -1.95. The van der Waals surface area contributed by atoms with E-state index in [9.17, 15) is 4.39 Å². The first-order valence-corrected chi connectivity index (χ1v) is 6.23. The molecule has 5 nitrogen and oxygen atoms in total. The minimum Gasteiger partial charge on any atom is -0.482 e. The molecule has 100 valence electrons. The van der Waals surface area contributed by atoms with Gasteiger partial charge in [0.25, 0.3) is 0 Å². The number of nitrogens with zero attached hydrogens (tertiary/aromatic N) is 2. The maximum absolute atomic E-state index is 13.3. The number of halogens is 1. The molecule has 1 atom stereocenters. The number of para-hydroxylation sites is 1. The fourth-order valence-corrected chi connectivity index (χ4v) is 2.06. The Labute approximate surface area is 109 Å². The Morgan fingerprint density at radius 2 is 2.32 bits per heavy atom. The summed E-state index contributed by atoms with van der Waals surface area (Å²) in [6.07, 6.45) is 0.996. The summed E-state index contributed by atoms with van der Waals surface area (Å²) in [5.41, 5.74) is 0. The number of ether oxygens (including phenoxy) is 1. The Balaban J connectivity index is 1.63. The Bertz CT molecular complexity index is 552. The first-order chi connectivity index (χ1) is 9.33. The number of benzene rings is 1. The smallest absolute Gasteiger partial charge is 0.231 e. The van der Waals surface area contributed by atoms with E-state index in [0.717, 1.165) is 19.5 Å². The zero-order valence-electron chi connectivity index (χ0n) is 10.3. The van der Waals surface area contributed by atoms with Gasteiger partial charge in [-0.15, -0.1) is 0 Å². The summed E-state index contributed by atoms with van der Waals surface area (Å²) in [6, 6.07) is 6.24. The van der Waals surface area contributed by atoms with Crippen molar-refractivity contribution in [3.63, 3.8) is 0 Å². The van der Waals surface area contributed by atoms with Crippen LogP contribution in [-0.4, -0.2) is 23.2 Å². The molecule has 0 radical (unpaired) electrons. The van der Waals surface area contributed by atoms with E-state index in [1.807, 2.05) is 0 Å². The molecular weight excluding hydrogens is 249 g/mol. The van der Waals surface area contributed by atoms with Gasteiger partial charge < -0.3 is 14.6 Å². The third kappa shape index (κ3) is 2.73. The average Bonchev–Trinajstić information content (AvgIpc) is 3.09. The molecule has 1 saturated heterocycles. The summed E-state index contributed by atoms with van der Waals surface area (Å²) < 4.78 is 23.9. The Morgan fingerprint density at radius 1 is 1.42 bits per heavy atom. The molecule has 6 heteroatoms. The molecule has 3 rings (SSSR count). The molecule has 1 aliphatic heterocycles. The summed E-state index contributed by atoms with van der Waals surface area (Å²) >= 11 is 0. The highest BCUT2D eigenvalue weighted by Crippen LogP contribution is 2.21. The van der Waals surface area contributed by atoms with Crippen molar-refractivity contribution in [1.82, 2.24) is 15.5 Å². The minimum absolute atomic E-state index is 0.102. The van der Waals surface area contributed by atoms with E-state index in [0.29, 0.717) is 11.7 Å². The predicted octanol–water partition coefficient (Wildman–Crippen LogP) is 1.86. The van der Waals surface area contributed by atoms with Crippen LogP contribution in [0.25, 0.3) is 0 Å². The summed E-state index contributed by atoms with van der Waals surface area (Å²) in [5.74, 6) is 1.12. The lowest BCUT2D eigenvalue weighted by atomic mass is 10.1. The molecule has 0 saturated carbocycles. The lowest BCUT2D eigenvalue weighted by molar-refractivity contribution is 0.272. The van der Waals surface area contributed by atoms with Gasteiger partial charge in [0, 0.05) is 6.54 Å². The van der Waals surface area contributed by atoms with Gasteiger partial charge in [-0.3, -0.25) is 0 Å². The van der Waals surface area contributed by atoms with Crippen molar-refractivity contribution in [2.24, 2.45) is 0 Å². The van der Waals surface area contributed by atoms with Crippen molar-refractivity contribution in [3.8, 4) is 5.75 Å². The monoisotopic (exact) mass is 263 g/mol. The molecule has 1 aromatic carbocycles. The second kappa shape index (κ2) is 5.36. The largest absolute Gasteiger partial charge is 0.482 e. The first-order valence-electron chi connectivity index (χ1n) is 6.23. The van der Waals surface area contributed by atoms with Gasteiger partial charge >= 0.3 is 0 Å². The molecule has 1 aliphatic rings. The number of nitrogens with one attached hydrogen (secondary N) is 1. The van der Waals surface area contributed by atoms with Gasteiger partial charge in [0.05, 0.1) is 5.92 Å².